The maximum absolute atomic E-state index is 12.2. The smallest absolute Gasteiger partial charge is 0.326 e. The number of benzene rings is 1. The van der Waals surface area contributed by atoms with Crippen molar-refractivity contribution in [3.05, 3.63) is 23.8 Å². The summed E-state index contributed by atoms with van der Waals surface area (Å²) in [5, 5.41) is 2.72. The first-order valence-corrected chi connectivity index (χ1v) is 9.16. The minimum absolute atomic E-state index is 0.0376. The molecule has 1 aromatic carbocycles. The van der Waals surface area contributed by atoms with Crippen LogP contribution in [0.2, 0.25) is 0 Å². The van der Waals surface area contributed by atoms with Gasteiger partial charge in [0.05, 0.1) is 0 Å². The van der Waals surface area contributed by atoms with E-state index in [1.807, 2.05) is 6.07 Å². The lowest BCUT2D eigenvalue weighted by molar-refractivity contribution is -0.157. The van der Waals surface area contributed by atoms with Crippen molar-refractivity contribution in [2.24, 2.45) is 0 Å². The molecule has 1 N–H and O–H groups in total. The number of nitrogens with zero attached hydrogens (tertiary/aromatic N) is 1. The Morgan fingerprint density at radius 3 is 2.89 bits per heavy atom. The van der Waals surface area contributed by atoms with Gasteiger partial charge in [0.25, 0.3) is 5.91 Å². The van der Waals surface area contributed by atoms with Crippen LogP contribution < -0.4 is 14.8 Å². The molecule has 0 radical (unpaired) electrons. The number of ether oxygens (including phenoxy) is 3. The first kappa shape index (κ1) is 19.0. The fourth-order valence-electron chi connectivity index (χ4n) is 3.03. The van der Waals surface area contributed by atoms with Crippen molar-refractivity contribution < 1.29 is 28.6 Å². The third-order valence-corrected chi connectivity index (χ3v) is 4.57. The van der Waals surface area contributed by atoms with Gasteiger partial charge in [-0.1, -0.05) is 12.5 Å². The Morgan fingerprint density at radius 1 is 1.22 bits per heavy atom. The molecule has 8 nitrogen and oxygen atoms in total. The molecule has 1 fully saturated rings. The van der Waals surface area contributed by atoms with Crippen LogP contribution in [-0.4, -0.2) is 48.7 Å². The van der Waals surface area contributed by atoms with Crippen molar-refractivity contribution in [1.29, 1.82) is 0 Å². The molecule has 146 valence electrons. The molecule has 2 amide bonds. The first-order chi connectivity index (χ1) is 13.0. The number of carbonyl (C=O) groups is 3. The maximum atomic E-state index is 12.2. The highest BCUT2D eigenvalue weighted by molar-refractivity contribution is 5.86. The third kappa shape index (κ3) is 5.12. The zero-order valence-electron chi connectivity index (χ0n) is 15.4. The number of nitrogens with one attached hydrogen (secondary N) is 1. The number of carbonyl (C=O) groups excluding carboxylic acids is 3. The van der Waals surface area contributed by atoms with Crippen LogP contribution in [0.5, 0.6) is 11.5 Å². The monoisotopic (exact) mass is 376 g/mol. The topological polar surface area (TPSA) is 94.2 Å². The van der Waals surface area contributed by atoms with E-state index >= 15 is 0 Å². The predicted octanol–water partition coefficient (Wildman–Crippen LogP) is 1.37. The van der Waals surface area contributed by atoms with Crippen LogP contribution in [0.15, 0.2) is 18.2 Å². The minimum atomic E-state index is -0.936. The minimum Gasteiger partial charge on any atom is -0.454 e. The van der Waals surface area contributed by atoms with E-state index in [2.05, 4.69) is 5.32 Å². The molecule has 1 saturated heterocycles. The average molecular weight is 376 g/mol. The van der Waals surface area contributed by atoms with Crippen molar-refractivity contribution in [1.82, 2.24) is 10.2 Å². The Labute approximate surface area is 157 Å². The number of amides is 2. The summed E-state index contributed by atoms with van der Waals surface area (Å²) in [5.41, 5.74) is 0.848. The number of rotatable bonds is 6. The molecule has 0 spiro atoms. The summed E-state index contributed by atoms with van der Waals surface area (Å²) in [6.07, 6.45) is 2.23. The lowest BCUT2D eigenvalue weighted by Gasteiger charge is -2.20. The van der Waals surface area contributed by atoms with Gasteiger partial charge in [-0.3, -0.25) is 14.4 Å². The van der Waals surface area contributed by atoms with Gasteiger partial charge < -0.3 is 24.4 Å². The quantitative estimate of drug-likeness (QED) is 0.754. The molecule has 0 saturated carbocycles. The summed E-state index contributed by atoms with van der Waals surface area (Å²) in [6.45, 7) is 2.42. The van der Waals surface area contributed by atoms with Gasteiger partial charge in [-0.25, -0.2) is 0 Å². The molecule has 1 aromatic rings. The number of hydrogen-bond acceptors (Lipinski definition) is 6. The van der Waals surface area contributed by atoms with Gasteiger partial charge >= 0.3 is 5.97 Å². The molecule has 3 rings (SSSR count). The summed E-state index contributed by atoms with van der Waals surface area (Å²) in [7, 11) is 0. The molecule has 2 heterocycles. The van der Waals surface area contributed by atoms with Crippen LogP contribution in [-0.2, 0) is 25.7 Å². The summed E-state index contributed by atoms with van der Waals surface area (Å²) in [5.74, 6) is 0.308. The summed E-state index contributed by atoms with van der Waals surface area (Å²) >= 11 is 0. The second kappa shape index (κ2) is 8.75. The van der Waals surface area contributed by atoms with Gasteiger partial charge in [0.15, 0.2) is 17.6 Å². The number of esters is 1. The lowest BCUT2D eigenvalue weighted by atomic mass is 10.2. The summed E-state index contributed by atoms with van der Waals surface area (Å²) in [6, 6.07) is 5.41. The van der Waals surface area contributed by atoms with E-state index in [-0.39, 0.29) is 25.8 Å². The number of hydrogen-bond donors (Lipinski definition) is 1. The molecule has 1 atom stereocenters. The van der Waals surface area contributed by atoms with Crippen LogP contribution in [0.4, 0.5) is 0 Å². The molecule has 0 bridgehead atoms. The molecular weight excluding hydrogens is 352 g/mol. The van der Waals surface area contributed by atoms with E-state index in [1.54, 1.807) is 12.1 Å². The van der Waals surface area contributed by atoms with Crippen molar-refractivity contribution in [2.45, 2.75) is 45.3 Å². The van der Waals surface area contributed by atoms with Crippen molar-refractivity contribution in [3.63, 3.8) is 0 Å². The normalized spacial score (nSPS) is 17.2. The molecule has 2 aliphatic heterocycles. The van der Waals surface area contributed by atoms with E-state index in [1.165, 1.54) is 11.8 Å². The highest BCUT2D eigenvalue weighted by Gasteiger charge is 2.23. The second-order valence-electron chi connectivity index (χ2n) is 6.66. The fraction of sp³-hybridized carbons (Fsp3) is 0.526. The number of fused-ring (bicyclic) bond motifs is 1. The van der Waals surface area contributed by atoms with Gasteiger partial charge in [-0.15, -0.1) is 0 Å². The van der Waals surface area contributed by atoms with Crippen LogP contribution in [0.3, 0.4) is 0 Å². The molecular formula is C19H24N2O6. The Bertz CT molecular complexity index is 720. The van der Waals surface area contributed by atoms with Gasteiger partial charge in [0.2, 0.25) is 12.7 Å². The Kier molecular flexibility index (Phi) is 6.16. The first-order valence-electron chi connectivity index (χ1n) is 9.16. The Hall–Kier alpha value is -2.77. The van der Waals surface area contributed by atoms with Crippen LogP contribution in [0.1, 0.15) is 38.2 Å². The fourth-order valence-corrected chi connectivity index (χ4v) is 3.03. The van der Waals surface area contributed by atoms with Crippen molar-refractivity contribution in [2.75, 3.05) is 19.9 Å². The highest BCUT2D eigenvalue weighted by Crippen LogP contribution is 2.32. The van der Waals surface area contributed by atoms with Crippen LogP contribution in [0.25, 0.3) is 0 Å². The standard InChI is InChI=1S/C19H24N2O6/c1-13(27-18(23)11-21-8-4-2-3-5-17(21)22)19(24)20-10-14-6-7-15-16(9-14)26-12-25-15/h6-7,9,13H,2-5,8,10-12H2,1H3,(H,20,24)/t13-/m1/s1. The van der Waals surface area contributed by atoms with Crippen molar-refractivity contribution in [3.8, 4) is 11.5 Å². The molecule has 27 heavy (non-hydrogen) atoms. The van der Waals surface area contributed by atoms with E-state index < -0.39 is 18.0 Å². The predicted molar refractivity (Wildman–Crippen MR) is 95.0 cm³/mol. The summed E-state index contributed by atoms with van der Waals surface area (Å²) in [4.78, 5) is 37.7. The zero-order valence-corrected chi connectivity index (χ0v) is 15.4. The van der Waals surface area contributed by atoms with Crippen LogP contribution >= 0.6 is 0 Å². The highest BCUT2D eigenvalue weighted by atomic mass is 16.7. The maximum Gasteiger partial charge on any atom is 0.326 e. The molecule has 0 aliphatic carbocycles. The van der Waals surface area contributed by atoms with Gasteiger partial charge in [0.1, 0.15) is 6.54 Å². The van der Waals surface area contributed by atoms with E-state index in [0.717, 1.165) is 24.8 Å². The van der Waals surface area contributed by atoms with E-state index in [0.29, 0.717) is 24.5 Å². The third-order valence-electron chi connectivity index (χ3n) is 4.57. The Morgan fingerprint density at radius 2 is 2.04 bits per heavy atom. The molecule has 0 unspecified atom stereocenters. The van der Waals surface area contributed by atoms with Gasteiger partial charge in [0, 0.05) is 19.5 Å². The zero-order chi connectivity index (χ0) is 19.2. The largest absolute Gasteiger partial charge is 0.454 e. The second-order valence-corrected chi connectivity index (χ2v) is 6.66. The lowest BCUT2D eigenvalue weighted by Crippen LogP contribution is -2.40. The van der Waals surface area contributed by atoms with E-state index in [4.69, 9.17) is 14.2 Å². The SMILES string of the molecule is C[C@@H](OC(=O)CN1CCCCCC1=O)C(=O)NCc1ccc2c(c1)OCO2. The van der Waals surface area contributed by atoms with Crippen molar-refractivity contribution >= 4 is 17.8 Å². The van der Waals surface area contributed by atoms with Crippen LogP contribution in [0, 0.1) is 0 Å². The molecule has 0 aromatic heterocycles. The van der Waals surface area contributed by atoms with Gasteiger partial charge in [-0.05, 0) is 37.5 Å². The molecule has 8 heteroatoms. The average Bonchev–Trinajstić information content (AvgIpc) is 3.03. The van der Waals surface area contributed by atoms with Gasteiger partial charge in [-0.2, -0.15) is 0 Å². The summed E-state index contributed by atoms with van der Waals surface area (Å²) < 4.78 is 15.7. The Balaban J connectivity index is 1.44. The molecule has 2 aliphatic rings. The number of likely N-dealkylation sites (tertiary alicyclic amines) is 1. The van der Waals surface area contributed by atoms with E-state index in [9.17, 15) is 14.4 Å².